The molecule has 1 heterocycles. The molecule has 0 aliphatic carbocycles. The maximum Gasteiger partial charge on any atom is 0.204 e. The van der Waals surface area contributed by atoms with Gasteiger partial charge in [0, 0.05) is 6.07 Å². The summed E-state index contributed by atoms with van der Waals surface area (Å²) in [6.07, 6.45) is 0. The molecule has 0 saturated carbocycles. The van der Waals surface area contributed by atoms with Crippen LogP contribution in [-0.2, 0) is 0 Å². The van der Waals surface area contributed by atoms with E-state index in [1.807, 2.05) is 0 Å². The van der Waals surface area contributed by atoms with Crippen molar-refractivity contribution in [1.29, 1.82) is 0 Å². The third kappa shape index (κ3) is 1.59. The van der Waals surface area contributed by atoms with Gasteiger partial charge in [-0.05, 0) is 18.2 Å². The first kappa shape index (κ1) is 11.4. The summed E-state index contributed by atoms with van der Waals surface area (Å²) < 4.78 is 10.5. The minimum Gasteiger partial charge on any atom is -0.507 e. The lowest BCUT2D eigenvalue weighted by atomic mass is 10.1. The van der Waals surface area contributed by atoms with Crippen molar-refractivity contribution in [2.45, 2.75) is 0 Å². The van der Waals surface area contributed by atoms with Crippen LogP contribution in [0.15, 0.2) is 39.5 Å². The van der Waals surface area contributed by atoms with Gasteiger partial charge in [0.1, 0.15) is 22.3 Å². The predicted molar refractivity (Wildman–Crippen MR) is 69.9 cm³/mol. The molecule has 0 unspecified atom stereocenters. The van der Waals surface area contributed by atoms with Crippen molar-refractivity contribution in [1.82, 2.24) is 0 Å². The largest absolute Gasteiger partial charge is 0.507 e. The van der Waals surface area contributed by atoms with Gasteiger partial charge in [-0.1, -0.05) is 6.07 Å². The summed E-state index contributed by atoms with van der Waals surface area (Å²) in [6, 6.07) is 7.30. The number of methoxy groups -OCH3 is 1. The van der Waals surface area contributed by atoms with Crippen LogP contribution in [0.5, 0.6) is 17.2 Å². The molecule has 0 fully saturated rings. The van der Waals surface area contributed by atoms with Crippen LogP contribution in [0.2, 0.25) is 0 Å². The molecule has 0 spiro atoms. The highest BCUT2D eigenvalue weighted by molar-refractivity contribution is 5.94. The molecule has 5 nitrogen and oxygen atoms in total. The first-order chi connectivity index (χ1) is 9.11. The molecule has 0 aliphatic heterocycles. The number of hydrogen-bond acceptors (Lipinski definition) is 5. The topological polar surface area (TPSA) is 79.9 Å². The van der Waals surface area contributed by atoms with E-state index >= 15 is 0 Å². The smallest absolute Gasteiger partial charge is 0.204 e. The highest BCUT2D eigenvalue weighted by Crippen LogP contribution is 2.32. The van der Waals surface area contributed by atoms with E-state index in [0.29, 0.717) is 0 Å². The molecule has 0 atom stereocenters. The van der Waals surface area contributed by atoms with Crippen LogP contribution in [0, 0.1) is 0 Å². The fraction of sp³-hybridized carbons (Fsp3) is 0.0714. The molecule has 0 bridgehead atoms. The van der Waals surface area contributed by atoms with Gasteiger partial charge < -0.3 is 19.4 Å². The predicted octanol–water partition coefficient (Wildman–Crippen LogP) is 2.37. The summed E-state index contributed by atoms with van der Waals surface area (Å²) in [7, 11) is 1.41. The number of hydrogen-bond donors (Lipinski definition) is 2. The average Bonchev–Trinajstić information content (AvgIpc) is 2.39. The molecule has 96 valence electrons. The third-order valence-electron chi connectivity index (χ3n) is 2.98. The van der Waals surface area contributed by atoms with Crippen LogP contribution in [0.3, 0.4) is 0 Å². The fourth-order valence-electron chi connectivity index (χ4n) is 2.06. The number of benzene rings is 2. The first-order valence-corrected chi connectivity index (χ1v) is 5.57. The Labute approximate surface area is 107 Å². The first-order valence-electron chi connectivity index (χ1n) is 5.57. The SMILES string of the molecule is COc1cc2oc3cccc(O)c3c(=O)c2cc1O. The zero-order valence-electron chi connectivity index (χ0n) is 10.0. The van der Waals surface area contributed by atoms with Gasteiger partial charge in [-0.2, -0.15) is 0 Å². The Hall–Kier alpha value is -2.69. The Morgan fingerprint density at radius 3 is 2.63 bits per heavy atom. The lowest BCUT2D eigenvalue weighted by molar-refractivity contribution is 0.373. The van der Waals surface area contributed by atoms with Crippen LogP contribution in [0.1, 0.15) is 0 Å². The molecule has 0 aliphatic rings. The zero-order chi connectivity index (χ0) is 13.6. The molecule has 19 heavy (non-hydrogen) atoms. The highest BCUT2D eigenvalue weighted by Gasteiger charge is 2.14. The number of fused-ring (bicyclic) bond motifs is 2. The van der Waals surface area contributed by atoms with E-state index in [4.69, 9.17) is 9.15 Å². The number of aromatic hydroxyl groups is 2. The Balaban J connectivity index is 2.54. The molecule has 0 radical (unpaired) electrons. The van der Waals surface area contributed by atoms with Crippen molar-refractivity contribution in [3.05, 3.63) is 40.6 Å². The number of ether oxygens (including phenoxy) is 1. The van der Waals surface area contributed by atoms with E-state index in [2.05, 4.69) is 0 Å². The Bertz CT molecular complexity index is 848. The van der Waals surface area contributed by atoms with Gasteiger partial charge in [-0.3, -0.25) is 4.79 Å². The van der Waals surface area contributed by atoms with Crippen molar-refractivity contribution in [2.75, 3.05) is 7.11 Å². The molecule has 2 N–H and O–H groups in total. The van der Waals surface area contributed by atoms with Crippen LogP contribution < -0.4 is 10.2 Å². The van der Waals surface area contributed by atoms with Gasteiger partial charge in [0.2, 0.25) is 5.43 Å². The fourth-order valence-corrected chi connectivity index (χ4v) is 2.06. The summed E-state index contributed by atoms with van der Waals surface area (Å²) in [5, 5.41) is 19.7. The van der Waals surface area contributed by atoms with Gasteiger partial charge >= 0.3 is 0 Å². The Morgan fingerprint density at radius 1 is 1.11 bits per heavy atom. The summed E-state index contributed by atoms with van der Waals surface area (Å²) in [5.41, 5.74) is 0.176. The molecule has 3 rings (SSSR count). The summed E-state index contributed by atoms with van der Waals surface area (Å²) in [5.74, 6) is -0.0873. The zero-order valence-corrected chi connectivity index (χ0v) is 10.0. The van der Waals surface area contributed by atoms with Crippen molar-refractivity contribution >= 4 is 21.9 Å². The van der Waals surface area contributed by atoms with Crippen molar-refractivity contribution < 1.29 is 19.4 Å². The van der Waals surface area contributed by atoms with Gasteiger partial charge in [-0.25, -0.2) is 0 Å². The minimum absolute atomic E-state index is 0.0968. The van der Waals surface area contributed by atoms with E-state index in [9.17, 15) is 15.0 Å². The van der Waals surface area contributed by atoms with Crippen molar-refractivity contribution in [2.24, 2.45) is 0 Å². The quantitative estimate of drug-likeness (QED) is 0.655. The summed E-state index contributed by atoms with van der Waals surface area (Å²) in [6.45, 7) is 0. The minimum atomic E-state index is -0.396. The lowest BCUT2D eigenvalue weighted by Gasteiger charge is -2.06. The maximum atomic E-state index is 12.3. The monoisotopic (exact) mass is 258 g/mol. The maximum absolute atomic E-state index is 12.3. The molecule has 0 saturated heterocycles. The van der Waals surface area contributed by atoms with Gasteiger partial charge in [0.05, 0.1) is 12.5 Å². The third-order valence-corrected chi connectivity index (χ3v) is 2.98. The molecular formula is C14H10O5. The van der Waals surface area contributed by atoms with Crippen molar-refractivity contribution in [3.63, 3.8) is 0 Å². The van der Waals surface area contributed by atoms with Gasteiger partial charge in [0.25, 0.3) is 0 Å². The van der Waals surface area contributed by atoms with E-state index in [-0.39, 0.29) is 39.2 Å². The standard InChI is InChI=1S/C14H10O5/c1-18-12-6-11-7(5-9(12)16)14(17)13-8(15)3-2-4-10(13)19-11/h2-6,15-16H,1H3. The van der Waals surface area contributed by atoms with E-state index in [1.165, 1.54) is 25.3 Å². The second-order valence-electron chi connectivity index (χ2n) is 4.10. The molecule has 1 aromatic heterocycles. The van der Waals surface area contributed by atoms with Gasteiger partial charge in [0.15, 0.2) is 11.5 Å². The van der Waals surface area contributed by atoms with E-state index < -0.39 is 5.43 Å². The Kier molecular flexibility index (Phi) is 2.35. The molecular weight excluding hydrogens is 248 g/mol. The molecule has 5 heteroatoms. The number of phenolic OH excluding ortho intramolecular Hbond substituents is 2. The van der Waals surface area contributed by atoms with E-state index in [1.54, 1.807) is 12.1 Å². The molecule has 2 aromatic carbocycles. The lowest BCUT2D eigenvalue weighted by Crippen LogP contribution is -2.02. The van der Waals surface area contributed by atoms with E-state index in [0.717, 1.165) is 0 Å². The summed E-state index contributed by atoms with van der Waals surface area (Å²) >= 11 is 0. The second kappa shape index (κ2) is 3.91. The number of phenols is 2. The molecule has 3 aromatic rings. The number of rotatable bonds is 1. The normalized spacial score (nSPS) is 11.0. The van der Waals surface area contributed by atoms with Crippen LogP contribution in [0.25, 0.3) is 21.9 Å². The molecule has 0 amide bonds. The highest BCUT2D eigenvalue weighted by atomic mass is 16.5. The van der Waals surface area contributed by atoms with Crippen LogP contribution >= 0.6 is 0 Å². The Morgan fingerprint density at radius 2 is 1.89 bits per heavy atom. The van der Waals surface area contributed by atoms with Gasteiger partial charge in [-0.15, -0.1) is 0 Å². The van der Waals surface area contributed by atoms with Crippen LogP contribution in [-0.4, -0.2) is 17.3 Å². The van der Waals surface area contributed by atoms with Crippen molar-refractivity contribution in [3.8, 4) is 17.2 Å². The summed E-state index contributed by atoms with van der Waals surface area (Å²) in [4.78, 5) is 12.3. The average molecular weight is 258 g/mol. The van der Waals surface area contributed by atoms with Crippen LogP contribution in [0.4, 0.5) is 0 Å². The second-order valence-corrected chi connectivity index (χ2v) is 4.10.